The average Bonchev–Trinajstić information content (AvgIpc) is 2.90. The minimum atomic E-state index is -0.102. The first-order chi connectivity index (χ1) is 11.7. The van der Waals surface area contributed by atoms with Crippen LogP contribution in [-0.2, 0) is 17.9 Å². The number of aryl methyl sites for hydroxylation is 2. The van der Waals surface area contributed by atoms with Gasteiger partial charge in [-0.15, -0.1) is 0 Å². The number of carbonyl (C=O) groups is 1. The number of benzene rings is 1. The average molecular weight is 323 g/mol. The van der Waals surface area contributed by atoms with Crippen LogP contribution in [0.4, 0.5) is 5.82 Å². The molecule has 3 rings (SSSR count). The van der Waals surface area contributed by atoms with E-state index in [-0.39, 0.29) is 11.9 Å². The zero-order chi connectivity index (χ0) is 16.9. The van der Waals surface area contributed by atoms with E-state index in [1.807, 2.05) is 31.2 Å². The SMILES string of the molecule is Cc1cc(NC(=O)C2CCN2Cc2ccccc2)nn1CCC#N. The molecule has 1 atom stereocenters. The topological polar surface area (TPSA) is 74.0 Å². The number of anilines is 1. The van der Waals surface area contributed by atoms with E-state index in [1.165, 1.54) is 5.56 Å². The van der Waals surface area contributed by atoms with Crippen LogP contribution in [0, 0.1) is 18.3 Å². The van der Waals surface area contributed by atoms with Crippen LogP contribution >= 0.6 is 0 Å². The Morgan fingerprint density at radius 2 is 2.21 bits per heavy atom. The predicted octanol–water partition coefficient (Wildman–Crippen LogP) is 2.32. The summed E-state index contributed by atoms with van der Waals surface area (Å²) in [5, 5.41) is 15.9. The molecule has 2 heterocycles. The summed E-state index contributed by atoms with van der Waals surface area (Å²) in [4.78, 5) is 14.6. The van der Waals surface area contributed by atoms with Gasteiger partial charge in [0.15, 0.2) is 5.82 Å². The Morgan fingerprint density at radius 3 is 2.88 bits per heavy atom. The van der Waals surface area contributed by atoms with Crippen LogP contribution in [0.1, 0.15) is 24.1 Å². The van der Waals surface area contributed by atoms with Gasteiger partial charge in [0.25, 0.3) is 0 Å². The summed E-state index contributed by atoms with van der Waals surface area (Å²) in [7, 11) is 0. The van der Waals surface area contributed by atoms with Crippen molar-refractivity contribution in [2.24, 2.45) is 0 Å². The Kier molecular flexibility index (Phi) is 4.92. The first-order valence-corrected chi connectivity index (χ1v) is 8.17. The summed E-state index contributed by atoms with van der Waals surface area (Å²) in [6.45, 7) is 4.18. The van der Waals surface area contributed by atoms with Gasteiger partial charge in [-0.2, -0.15) is 10.4 Å². The van der Waals surface area contributed by atoms with E-state index >= 15 is 0 Å². The largest absolute Gasteiger partial charge is 0.308 e. The fourth-order valence-electron chi connectivity index (χ4n) is 2.91. The molecule has 124 valence electrons. The molecular weight excluding hydrogens is 302 g/mol. The highest BCUT2D eigenvalue weighted by Gasteiger charge is 2.34. The quantitative estimate of drug-likeness (QED) is 0.885. The van der Waals surface area contributed by atoms with Gasteiger partial charge < -0.3 is 5.32 Å². The number of aromatic nitrogens is 2. The van der Waals surface area contributed by atoms with Crippen LogP contribution in [0.2, 0.25) is 0 Å². The molecule has 6 heteroatoms. The van der Waals surface area contributed by atoms with Crippen LogP contribution in [-0.4, -0.2) is 33.2 Å². The fraction of sp³-hybridized carbons (Fsp3) is 0.389. The number of carbonyl (C=O) groups excluding carboxylic acids is 1. The smallest absolute Gasteiger partial charge is 0.242 e. The number of amides is 1. The van der Waals surface area contributed by atoms with Crippen molar-refractivity contribution in [3.8, 4) is 6.07 Å². The van der Waals surface area contributed by atoms with Gasteiger partial charge in [0.2, 0.25) is 5.91 Å². The number of nitrogens with one attached hydrogen (secondary N) is 1. The molecule has 0 aliphatic carbocycles. The molecular formula is C18H21N5O. The Morgan fingerprint density at radius 1 is 1.42 bits per heavy atom. The summed E-state index contributed by atoms with van der Waals surface area (Å²) in [6, 6.07) is 14.0. The van der Waals surface area contributed by atoms with Crippen molar-refractivity contribution in [1.29, 1.82) is 5.26 Å². The Labute approximate surface area is 141 Å². The van der Waals surface area contributed by atoms with E-state index < -0.39 is 0 Å². The number of nitrogens with zero attached hydrogens (tertiary/aromatic N) is 4. The maximum Gasteiger partial charge on any atom is 0.242 e. The van der Waals surface area contributed by atoms with Gasteiger partial charge in [-0.1, -0.05) is 30.3 Å². The lowest BCUT2D eigenvalue weighted by Crippen LogP contribution is -2.53. The summed E-state index contributed by atoms with van der Waals surface area (Å²) < 4.78 is 1.75. The molecule has 0 radical (unpaired) electrons. The molecule has 0 bridgehead atoms. The molecule has 1 aliphatic rings. The third-order valence-electron chi connectivity index (χ3n) is 4.33. The second-order valence-corrected chi connectivity index (χ2v) is 6.05. The third-order valence-corrected chi connectivity index (χ3v) is 4.33. The minimum absolute atomic E-state index is 0.0119. The van der Waals surface area contributed by atoms with Gasteiger partial charge in [0.1, 0.15) is 0 Å². The Bertz CT molecular complexity index is 747. The summed E-state index contributed by atoms with van der Waals surface area (Å²) in [5.74, 6) is 0.545. The van der Waals surface area contributed by atoms with E-state index in [0.717, 1.165) is 25.2 Å². The van der Waals surface area contributed by atoms with E-state index in [2.05, 4.69) is 33.5 Å². The fourth-order valence-corrected chi connectivity index (χ4v) is 2.91. The number of likely N-dealkylation sites (tertiary alicyclic amines) is 1. The summed E-state index contributed by atoms with van der Waals surface area (Å²) >= 11 is 0. The summed E-state index contributed by atoms with van der Waals surface area (Å²) in [5.41, 5.74) is 2.15. The first-order valence-electron chi connectivity index (χ1n) is 8.17. The highest BCUT2D eigenvalue weighted by Crippen LogP contribution is 2.22. The van der Waals surface area contributed by atoms with Gasteiger partial charge >= 0.3 is 0 Å². The van der Waals surface area contributed by atoms with Gasteiger partial charge in [-0.3, -0.25) is 14.4 Å². The highest BCUT2D eigenvalue weighted by atomic mass is 16.2. The Balaban J connectivity index is 1.58. The second-order valence-electron chi connectivity index (χ2n) is 6.05. The van der Waals surface area contributed by atoms with Crippen molar-refractivity contribution in [2.45, 2.75) is 38.9 Å². The van der Waals surface area contributed by atoms with Crippen LogP contribution in [0.5, 0.6) is 0 Å². The van der Waals surface area contributed by atoms with Crippen molar-refractivity contribution < 1.29 is 4.79 Å². The predicted molar refractivity (Wildman–Crippen MR) is 91.1 cm³/mol. The standard InChI is InChI=1S/C18H21N5O/c1-14-12-17(21-23(14)10-5-9-19)20-18(24)16-8-11-22(16)13-15-6-3-2-4-7-15/h2-4,6-7,12,16H,5,8,10-11,13H2,1H3,(H,20,21,24). The second kappa shape index (κ2) is 7.28. The van der Waals surface area contributed by atoms with Crippen LogP contribution in [0.15, 0.2) is 36.4 Å². The lowest BCUT2D eigenvalue weighted by atomic mass is 10.0. The first kappa shape index (κ1) is 16.2. The monoisotopic (exact) mass is 323 g/mol. The molecule has 24 heavy (non-hydrogen) atoms. The van der Waals surface area contributed by atoms with Crippen molar-refractivity contribution >= 4 is 11.7 Å². The van der Waals surface area contributed by atoms with Crippen LogP contribution < -0.4 is 5.32 Å². The number of hydrogen-bond donors (Lipinski definition) is 1. The van der Waals surface area contributed by atoms with E-state index in [1.54, 1.807) is 4.68 Å². The molecule has 1 N–H and O–H groups in total. The molecule has 1 saturated heterocycles. The third kappa shape index (κ3) is 3.63. The molecule has 0 spiro atoms. The zero-order valence-corrected chi connectivity index (χ0v) is 13.8. The zero-order valence-electron chi connectivity index (χ0n) is 13.8. The van der Waals surface area contributed by atoms with Crippen LogP contribution in [0.25, 0.3) is 0 Å². The molecule has 1 unspecified atom stereocenters. The molecule has 1 aromatic carbocycles. The van der Waals surface area contributed by atoms with E-state index in [0.29, 0.717) is 18.8 Å². The number of rotatable bonds is 6. The van der Waals surface area contributed by atoms with Gasteiger partial charge in [-0.05, 0) is 18.9 Å². The molecule has 1 amide bonds. The maximum atomic E-state index is 12.5. The lowest BCUT2D eigenvalue weighted by molar-refractivity contribution is -0.125. The molecule has 2 aromatic rings. The van der Waals surface area contributed by atoms with Crippen LogP contribution in [0.3, 0.4) is 0 Å². The van der Waals surface area contributed by atoms with Crippen molar-refractivity contribution in [2.75, 3.05) is 11.9 Å². The summed E-state index contributed by atoms with van der Waals surface area (Å²) in [6.07, 6.45) is 1.27. The normalized spacial score (nSPS) is 17.1. The van der Waals surface area contributed by atoms with Gasteiger partial charge in [0.05, 0.1) is 25.1 Å². The highest BCUT2D eigenvalue weighted by molar-refractivity contribution is 5.94. The van der Waals surface area contributed by atoms with Gasteiger partial charge in [0, 0.05) is 24.8 Å². The maximum absolute atomic E-state index is 12.5. The molecule has 1 fully saturated rings. The molecule has 1 aromatic heterocycles. The van der Waals surface area contributed by atoms with Crippen molar-refractivity contribution in [3.63, 3.8) is 0 Å². The lowest BCUT2D eigenvalue weighted by Gasteiger charge is -2.39. The van der Waals surface area contributed by atoms with Gasteiger partial charge in [-0.25, -0.2) is 0 Å². The molecule has 1 aliphatic heterocycles. The number of hydrogen-bond acceptors (Lipinski definition) is 4. The van der Waals surface area contributed by atoms with Crippen molar-refractivity contribution in [1.82, 2.24) is 14.7 Å². The minimum Gasteiger partial charge on any atom is -0.308 e. The number of nitriles is 1. The van der Waals surface area contributed by atoms with Crippen molar-refractivity contribution in [3.05, 3.63) is 47.7 Å². The Hall–Kier alpha value is -2.65. The van der Waals surface area contributed by atoms with E-state index in [4.69, 9.17) is 5.26 Å². The molecule has 0 saturated carbocycles. The van der Waals surface area contributed by atoms with E-state index in [9.17, 15) is 4.79 Å². The molecule has 6 nitrogen and oxygen atoms in total.